The second-order valence-corrected chi connectivity index (χ2v) is 9.42. The number of hydrogen-bond acceptors (Lipinski definition) is 2. The minimum atomic E-state index is -0.338. The minimum Gasteiger partial charge on any atom is -0.326 e. The van der Waals surface area contributed by atoms with Crippen LogP contribution < -0.4 is 10.2 Å². The number of anilines is 2. The smallest absolute Gasteiger partial charge is 0.229 e. The predicted molar refractivity (Wildman–Crippen MR) is 119 cm³/mol. The Balaban J connectivity index is 1.68. The van der Waals surface area contributed by atoms with E-state index in [-0.39, 0.29) is 29.6 Å². The van der Waals surface area contributed by atoms with E-state index in [0.29, 0.717) is 12.5 Å². The van der Waals surface area contributed by atoms with Crippen molar-refractivity contribution in [2.45, 2.75) is 59.3 Å². The standard InChI is InChI=1S/C25H32N2O2/c1-16(2)22-12-11-21(13-17(22)3)27-15-18(14-23(27)28)24(29)26-20-9-7-19(8-10-20)25(4,5)6/h7-13,16,18H,14-15H2,1-6H3,(H,26,29)/t18-/m1/s1. The number of nitrogens with one attached hydrogen (secondary N) is 1. The molecule has 1 heterocycles. The highest BCUT2D eigenvalue weighted by Gasteiger charge is 2.35. The molecule has 4 heteroatoms. The number of nitrogens with zero attached hydrogens (tertiary/aromatic N) is 1. The van der Waals surface area contributed by atoms with E-state index >= 15 is 0 Å². The van der Waals surface area contributed by atoms with Crippen LogP contribution in [0.5, 0.6) is 0 Å². The quantitative estimate of drug-likeness (QED) is 0.756. The number of carbonyl (C=O) groups is 2. The second-order valence-electron chi connectivity index (χ2n) is 9.42. The third-order valence-electron chi connectivity index (χ3n) is 5.70. The van der Waals surface area contributed by atoms with Gasteiger partial charge in [-0.15, -0.1) is 0 Å². The summed E-state index contributed by atoms with van der Waals surface area (Å²) in [5.41, 5.74) is 5.40. The van der Waals surface area contributed by atoms with E-state index in [0.717, 1.165) is 11.4 Å². The monoisotopic (exact) mass is 392 g/mol. The molecule has 0 aliphatic carbocycles. The van der Waals surface area contributed by atoms with Crippen LogP contribution in [0.25, 0.3) is 0 Å². The van der Waals surface area contributed by atoms with Gasteiger partial charge in [0.1, 0.15) is 0 Å². The normalized spacial score (nSPS) is 17.1. The molecule has 2 aromatic carbocycles. The Morgan fingerprint density at radius 2 is 1.76 bits per heavy atom. The van der Waals surface area contributed by atoms with Crippen LogP contribution in [0.2, 0.25) is 0 Å². The van der Waals surface area contributed by atoms with Crippen LogP contribution in [-0.2, 0) is 15.0 Å². The molecular formula is C25H32N2O2. The molecule has 0 saturated carbocycles. The van der Waals surface area contributed by atoms with Crippen molar-refractivity contribution in [3.05, 3.63) is 59.2 Å². The molecule has 0 bridgehead atoms. The van der Waals surface area contributed by atoms with E-state index < -0.39 is 0 Å². The first-order chi connectivity index (χ1) is 13.6. The van der Waals surface area contributed by atoms with Crippen molar-refractivity contribution in [2.24, 2.45) is 5.92 Å². The van der Waals surface area contributed by atoms with Crippen molar-refractivity contribution >= 4 is 23.2 Å². The van der Waals surface area contributed by atoms with Gasteiger partial charge in [-0.2, -0.15) is 0 Å². The van der Waals surface area contributed by atoms with Crippen LogP contribution >= 0.6 is 0 Å². The first-order valence-electron chi connectivity index (χ1n) is 10.4. The Bertz CT molecular complexity index is 907. The molecule has 1 aliphatic rings. The Kier molecular flexibility index (Phi) is 5.83. The van der Waals surface area contributed by atoms with Crippen LogP contribution in [-0.4, -0.2) is 18.4 Å². The van der Waals surface area contributed by atoms with Gasteiger partial charge >= 0.3 is 0 Å². The van der Waals surface area contributed by atoms with Crippen molar-refractivity contribution in [1.82, 2.24) is 0 Å². The third-order valence-corrected chi connectivity index (χ3v) is 5.70. The molecule has 1 aliphatic heterocycles. The highest BCUT2D eigenvalue weighted by molar-refractivity contribution is 6.03. The lowest BCUT2D eigenvalue weighted by atomic mass is 9.87. The second kappa shape index (κ2) is 8.02. The summed E-state index contributed by atoms with van der Waals surface area (Å²) < 4.78 is 0. The number of amides is 2. The third kappa shape index (κ3) is 4.69. The molecule has 2 amide bonds. The van der Waals surface area contributed by atoms with Crippen molar-refractivity contribution < 1.29 is 9.59 Å². The number of aryl methyl sites for hydroxylation is 1. The summed E-state index contributed by atoms with van der Waals surface area (Å²) in [6.07, 6.45) is 0.247. The molecular weight excluding hydrogens is 360 g/mol. The first-order valence-corrected chi connectivity index (χ1v) is 10.4. The topological polar surface area (TPSA) is 49.4 Å². The highest BCUT2D eigenvalue weighted by Crippen LogP contribution is 2.30. The summed E-state index contributed by atoms with van der Waals surface area (Å²) >= 11 is 0. The number of hydrogen-bond donors (Lipinski definition) is 1. The van der Waals surface area contributed by atoms with Crippen molar-refractivity contribution in [3.63, 3.8) is 0 Å². The fourth-order valence-electron chi connectivity index (χ4n) is 3.91. The predicted octanol–water partition coefficient (Wildman–Crippen LogP) is 5.41. The lowest BCUT2D eigenvalue weighted by Crippen LogP contribution is -2.28. The maximum atomic E-state index is 12.7. The van der Waals surface area contributed by atoms with Gasteiger partial charge in [0.25, 0.3) is 0 Å². The summed E-state index contributed by atoms with van der Waals surface area (Å²) in [7, 11) is 0. The molecule has 1 N–H and O–H groups in total. The number of carbonyl (C=O) groups excluding carboxylic acids is 2. The minimum absolute atomic E-state index is 0.00456. The Labute approximate surface area is 174 Å². The van der Waals surface area contributed by atoms with Crippen LogP contribution in [0.3, 0.4) is 0 Å². The lowest BCUT2D eigenvalue weighted by molar-refractivity contribution is -0.122. The van der Waals surface area contributed by atoms with Gasteiger partial charge in [0.15, 0.2) is 0 Å². The molecule has 0 unspecified atom stereocenters. The average molecular weight is 393 g/mol. The molecule has 2 aromatic rings. The number of rotatable bonds is 4. The molecule has 1 fully saturated rings. The van der Waals surface area contributed by atoms with E-state index in [9.17, 15) is 9.59 Å². The van der Waals surface area contributed by atoms with Crippen molar-refractivity contribution in [1.29, 1.82) is 0 Å². The van der Waals surface area contributed by atoms with Gasteiger partial charge in [-0.05, 0) is 59.2 Å². The molecule has 0 spiro atoms. The largest absolute Gasteiger partial charge is 0.326 e. The Morgan fingerprint density at radius 1 is 1.10 bits per heavy atom. The van der Waals surface area contributed by atoms with Crippen LogP contribution in [0.4, 0.5) is 11.4 Å². The summed E-state index contributed by atoms with van der Waals surface area (Å²) in [4.78, 5) is 27.1. The zero-order chi connectivity index (χ0) is 21.3. The zero-order valence-electron chi connectivity index (χ0n) is 18.4. The van der Waals surface area contributed by atoms with Gasteiger partial charge in [-0.1, -0.05) is 52.8 Å². The molecule has 4 nitrogen and oxygen atoms in total. The van der Waals surface area contributed by atoms with Gasteiger partial charge < -0.3 is 10.2 Å². The Hall–Kier alpha value is -2.62. The number of benzene rings is 2. The van der Waals surface area contributed by atoms with E-state index in [1.807, 2.05) is 30.3 Å². The average Bonchev–Trinajstić information content (AvgIpc) is 3.03. The zero-order valence-corrected chi connectivity index (χ0v) is 18.4. The fraction of sp³-hybridized carbons (Fsp3) is 0.440. The summed E-state index contributed by atoms with van der Waals surface area (Å²) in [5.74, 6) is 0.0150. The molecule has 3 rings (SSSR count). The maximum absolute atomic E-state index is 12.7. The van der Waals surface area contributed by atoms with Gasteiger partial charge in [0, 0.05) is 24.3 Å². The van der Waals surface area contributed by atoms with E-state index in [2.05, 4.69) is 59.0 Å². The molecule has 0 aromatic heterocycles. The van der Waals surface area contributed by atoms with Gasteiger partial charge in [0.2, 0.25) is 11.8 Å². The fourth-order valence-corrected chi connectivity index (χ4v) is 3.91. The van der Waals surface area contributed by atoms with Gasteiger partial charge in [-0.25, -0.2) is 0 Å². The first kappa shape index (κ1) is 21.1. The van der Waals surface area contributed by atoms with E-state index in [4.69, 9.17) is 0 Å². The van der Waals surface area contributed by atoms with Crippen LogP contribution in [0, 0.1) is 12.8 Å². The maximum Gasteiger partial charge on any atom is 0.229 e. The Morgan fingerprint density at radius 3 is 2.31 bits per heavy atom. The van der Waals surface area contributed by atoms with Crippen LogP contribution in [0.1, 0.15) is 63.6 Å². The highest BCUT2D eigenvalue weighted by atomic mass is 16.2. The summed E-state index contributed by atoms with van der Waals surface area (Å²) in [5, 5.41) is 2.97. The van der Waals surface area contributed by atoms with Crippen molar-refractivity contribution in [2.75, 3.05) is 16.8 Å². The molecule has 154 valence electrons. The van der Waals surface area contributed by atoms with Gasteiger partial charge in [0.05, 0.1) is 5.92 Å². The molecule has 1 saturated heterocycles. The molecule has 0 radical (unpaired) electrons. The molecule has 1 atom stereocenters. The van der Waals surface area contributed by atoms with Crippen LogP contribution in [0.15, 0.2) is 42.5 Å². The van der Waals surface area contributed by atoms with Crippen molar-refractivity contribution in [3.8, 4) is 0 Å². The summed E-state index contributed by atoms with van der Waals surface area (Å²) in [6, 6.07) is 14.1. The van der Waals surface area contributed by atoms with Gasteiger partial charge in [-0.3, -0.25) is 9.59 Å². The van der Waals surface area contributed by atoms with E-state index in [1.54, 1.807) is 4.90 Å². The van der Waals surface area contributed by atoms with E-state index in [1.165, 1.54) is 16.7 Å². The summed E-state index contributed by atoms with van der Waals surface area (Å²) in [6.45, 7) is 13.3. The molecule has 29 heavy (non-hydrogen) atoms. The lowest BCUT2D eigenvalue weighted by Gasteiger charge is -2.20. The SMILES string of the molecule is Cc1cc(N2C[C@H](C(=O)Nc3ccc(C(C)(C)C)cc3)CC2=O)ccc1C(C)C.